The normalized spacial score (nSPS) is 10.4. The molecule has 0 unspecified atom stereocenters. The first-order valence-corrected chi connectivity index (χ1v) is 8.73. The Labute approximate surface area is 152 Å². The summed E-state index contributed by atoms with van der Waals surface area (Å²) >= 11 is 6.88. The van der Waals surface area contributed by atoms with Crippen LogP contribution in [0.4, 0.5) is 5.69 Å². The van der Waals surface area contributed by atoms with E-state index in [1.807, 2.05) is 24.3 Å². The van der Waals surface area contributed by atoms with Crippen molar-refractivity contribution < 1.29 is 14.6 Å². The number of hydrogen-bond donors (Lipinski definition) is 2. The molecule has 23 heavy (non-hydrogen) atoms. The van der Waals surface area contributed by atoms with Crippen LogP contribution in [0.25, 0.3) is 0 Å². The van der Waals surface area contributed by atoms with Crippen LogP contribution in [0.5, 0.6) is 5.75 Å². The Morgan fingerprint density at radius 1 is 1.17 bits per heavy atom. The molecule has 0 saturated carbocycles. The predicted molar refractivity (Wildman–Crippen MR) is 98.1 cm³/mol. The van der Waals surface area contributed by atoms with Gasteiger partial charge in [-0.05, 0) is 74.2 Å². The molecule has 0 amide bonds. The van der Waals surface area contributed by atoms with Gasteiger partial charge in [0, 0.05) is 12.2 Å². The van der Waals surface area contributed by atoms with Gasteiger partial charge in [-0.3, -0.25) is 4.79 Å². The molecule has 0 aliphatic rings. The van der Waals surface area contributed by atoms with Crippen molar-refractivity contribution in [2.75, 3.05) is 11.9 Å². The van der Waals surface area contributed by atoms with Gasteiger partial charge in [-0.15, -0.1) is 0 Å². The summed E-state index contributed by atoms with van der Waals surface area (Å²) in [7, 11) is 0. The zero-order valence-electron chi connectivity index (χ0n) is 12.6. The number of anilines is 1. The van der Waals surface area contributed by atoms with Gasteiger partial charge in [-0.1, -0.05) is 12.1 Å². The van der Waals surface area contributed by atoms with E-state index in [2.05, 4.69) is 44.1 Å². The first kappa shape index (κ1) is 17.8. The molecule has 2 N–H and O–H groups in total. The second-order valence-corrected chi connectivity index (χ2v) is 6.69. The van der Waals surface area contributed by atoms with Crippen molar-refractivity contribution in [2.24, 2.45) is 0 Å². The van der Waals surface area contributed by atoms with Crippen LogP contribution in [-0.4, -0.2) is 17.6 Å². The molecule has 0 saturated heterocycles. The summed E-state index contributed by atoms with van der Waals surface area (Å²) in [5.41, 5.74) is 2.82. The van der Waals surface area contributed by atoms with Gasteiger partial charge in [0.05, 0.1) is 15.4 Å². The molecule has 122 valence electrons. The predicted octanol–water partition coefficient (Wildman–Crippen LogP) is 4.85. The molecule has 4 nitrogen and oxygen atoms in total. The van der Waals surface area contributed by atoms with E-state index < -0.39 is 5.97 Å². The minimum atomic E-state index is -0.863. The highest BCUT2D eigenvalue weighted by Crippen LogP contribution is 2.35. The second-order valence-electron chi connectivity index (χ2n) is 4.98. The van der Waals surface area contributed by atoms with Crippen LogP contribution in [0.1, 0.15) is 18.1 Å². The minimum Gasteiger partial charge on any atom is -0.487 e. The molecule has 0 aliphatic carbocycles. The van der Waals surface area contributed by atoms with E-state index in [0.717, 1.165) is 26.7 Å². The van der Waals surface area contributed by atoms with Crippen molar-refractivity contribution in [1.82, 2.24) is 0 Å². The molecule has 6 heteroatoms. The molecule has 0 spiro atoms. The van der Waals surface area contributed by atoms with Crippen molar-refractivity contribution in [2.45, 2.75) is 20.0 Å². The lowest BCUT2D eigenvalue weighted by molar-refractivity contribution is -0.136. The van der Waals surface area contributed by atoms with Crippen LogP contribution in [0.15, 0.2) is 45.3 Å². The maximum atomic E-state index is 10.8. The van der Waals surface area contributed by atoms with E-state index in [-0.39, 0.29) is 6.42 Å². The van der Waals surface area contributed by atoms with E-state index in [9.17, 15) is 4.79 Å². The summed E-state index contributed by atoms with van der Waals surface area (Å²) in [6.07, 6.45) is -0.0256. The third-order valence-electron chi connectivity index (χ3n) is 3.10. The van der Waals surface area contributed by atoms with Crippen LogP contribution < -0.4 is 10.1 Å². The highest BCUT2D eigenvalue weighted by molar-refractivity contribution is 9.11. The van der Waals surface area contributed by atoms with E-state index in [1.165, 1.54) is 0 Å². The highest BCUT2D eigenvalue weighted by atomic mass is 79.9. The zero-order chi connectivity index (χ0) is 16.8. The lowest BCUT2D eigenvalue weighted by atomic mass is 10.1. The van der Waals surface area contributed by atoms with Gasteiger partial charge in [-0.2, -0.15) is 0 Å². The van der Waals surface area contributed by atoms with E-state index in [0.29, 0.717) is 17.9 Å². The number of benzene rings is 2. The Kier molecular flexibility index (Phi) is 6.47. The van der Waals surface area contributed by atoms with E-state index in [1.54, 1.807) is 12.1 Å². The Hall–Kier alpha value is -1.53. The SMILES string of the molecule is CCNc1cccc(COc2c(Br)cc(CC(=O)O)cc2Br)c1. The van der Waals surface area contributed by atoms with Crippen molar-refractivity contribution in [3.8, 4) is 5.75 Å². The van der Waals surface area contributed by atoms with E-state index in [4.69, 9.17) is 9.84 Å². The van der Waals surface area contributed by atoms with Crippen LogP contribution in [0.2, 0.25) is 0 Å². The summed E-state index contributed by atoms with van der Waals surface area (Å²) in [6, 6.07) is 11.6. The van der Waals surface area contributed by atoms with Crippen LogP contribution in [-0.2, 0) is 17.8 Å². The van der Waals surface area contributed by atoms with Gasteiger partial charge < -0.3 is 15.2 Å². The largest absolute Gasteiger partial charge is 0.487 e. The minimum absolute atomic E-state index is 0.0256. The Morgan fingerprint density at radius 3 is 2.48 bits per heavy atom. The number of aliphatic carboxylic acids is 1. The lowest BCUT2D eigenvalue weighted by Gasteiger charge is -2.13. The smallest absolute Gasteiger partial charge is 0.307 e. The van der Waals surface area contributed by atoms with Gasteiger partial charge >= 0.3 is 5.97 Å². The van der Waals surface area contributed by atoms with Crippen molar-refractivity contribution in [3.05, 3.63) is 56.5 Å². The Bertz CT molecular complexity index is 681. The molecule has 0 aromatic heterocycles. The standard InChI is InChI=1S/C17H17Br2NO3/c1-2-20-13-5-3-4-11(6-13)10-23-17-14(18)7-12(8-15(17)19)9-16(21)22/h3-8,20H,2,9-10H2,1H3,(H,21,22). The van der Waals surface area contributed by atoms with Gasteiger partial charge in [0.1, 0.15) is 12.4 Å². The molecule has 0 aliphatic heterocycles. The number of carboxylic acids is 1. The molecule has 0 fully saturated rings. The van der Waals surface area contributed by atoms with Crippen LogP contribution in [0, 0.1) is 0 Å². The highest BCUT2D eigenvalue weighted by Gasteiger charge is 2.11. The van der Waals surface area contributed by atoms with E-state index >= 15 is 0 Å². The molecule has 0 radical (unpaired) electrons. The molecule has 2 aromatic carbocycles. The maximum absolute atomic E-state index is 10.8. The first-order chi connectivity index (χ1) is 11.0. The van der Waals surface area contributed by atoms with Crippen LogP contribution >= 0.6 is 31.9 Å². The third-order valence-corrected chi connectivity index (χ3v) is 4.28. The lowest BCUT2D eigenvalue weighted by Crippen LogP contribution is -2.02. The van der Waals surface area contributed by atoms with Crippen molar-refractivity contribution in [1.29, 1.82) is 0 Å². The average Bonchev–Trinajstić information content (AvgIpc) is 2.46. The molecular formula is C17H17Br2NO3. The average molecular weight is 443 g/mol. The number of hydrogen-bond acceptors (Lipinski definition) is 3. The number of carbonyl (C=O) groups is 1. The number of halogens is 2. The summed E-state index contributed by atoms with van der Waals surface area (Å²) in [5, 5.41) is 12.1. The fraction of sp³-hybridized carbons (Fsp3) is 0.235. The molecular weight excluding hydrogens is 426 g/mol. The number of carboxylic acid groups (broad SMARTS) is 1. The molecule has 0 atom stereocenters. The van der Waals surface area contributed by atoms with Crippen molar-refractivity contribution in [3.63, 3.8) is 0 Å². The maximum Gasteiger partial charge on any atom is 0.307 e. The summed E-state index contributed by atoms with van der Waals surface area (Å²) in [5.74, 6) is -0.203. The topological polar surface area (TPSA) is 58.6 Å². The Balaban J connectivity index is 2.11. The molecule has 2 rings (SSSR count). The first-order valence-electron chi connectivity index (χ1n) is 7.15. The van der Waals surface area contributed by atoms with Gasteiger partial charge in [0.15, 0.2) is 0 Å². The van der Waals surface area contributed by atoms with Crippen LogP contribution in [0.3, 0.4) is 0 Å². The zero-order valence-corrected chi connectivity index (χ0v) is 15.8. The Morgan fingerprint density at radius 2 is 1.87 bits per heavy atom. The summed E-state index contributed by atoms with van der Waals surface area (Å²) < 4.78 is 7.33. The summed E-state index contributed by atoms with van der Waals surface area (Å²) in [4.78, 5) is 10.8. The second kappa shape index (κ2) is 8.36. The molecule has 0 bridgehead atoms. The number of rotatable bonds is 7. The summed E-state index contributed by atoms with van der Waals surface area (Å²) in [6.45, 7) is 3.34. The fourth-order valence-corrected chi connectivity index (χ4v) is 3.67. The molecule has 0 heterocycles. The number of nitrogens with one attached hydrogen (secondary N) is 1. The van der Waals surface area contributed by atoms with Gasteiger partial charge in [0.2, 0.25) is 0 Å². The fourth-order valence-electron chi connectivity index (χ4n) is 2.16. The van der Waals surface area contributed by atoms with Gasteiger partial charge in [0.25, 0.3) is 0 Å². The van der Waals surface area contributed by atoms with Gasteiger partial charge in [-0.25, -0.2) is 0 Å². The monoisotopic (exact) mass is 441 g/mol. The quantitative estimate of drug-likeness (QED) is 0.643. The number of ether oxygens (including phenoxy) is 1. The third kappa shape index (κ3) is 5.25. The molecule has 2 aromatic rings. The van der Waals surface area contributed by atoms with Crippen molar-refractivity contribution >= 4 is 43.5 Å².